The van der Waals surface area contributed by atoms with Crippen molar-refractivity contribution in [1.29, 1.82) is 0 Å². The number of rotatable bonds is 2. The number of ketones is 1. The molecule has 0 aliphatic carbocycles. The second-order valence-electron chi connectivity index (χ2n) is 2.60. The Hall–Kier alpha value is -0.0500. The molecule has 0 aliphatic rings. The third-order valence-electron chi connectivity index (χ3n) is 1.56. The number of Topliss-reactive ketones (excluding diaryl/α,β-unsaturated/α-hetero) is 1. The van der Waals surface area contributed by atoms with Crippen molar-refractivity contribution in [3.63, 3.8) is 0 Å². The van der Waals surface area contributed by atoms with Crippen molar-refractivity contribution in [3.05, 3.63) is 33.8 Å². The van der Waals surface area contributed by atoms with Gasteiger partial charge in [-0.2, -0.15) is 0 Å². The van der Waals surface area contributed by atoms with Gasteiger partial charge >= 0.3 is 0 Å². The van der Waals surface area contributed by atoms with Gasteiger partial charge in [-0.15, -0.1) is 0 Å². The summed E-state index contributed by atoms with van der Waals surface area (Å²) in [5.41, 5.74) is 0.496. The van der Waals surface area contributed by atoms with E-state index < -0.39 is 0 Å². The molecule has 70 valence electrons. The highest BCUT2D eigenvalue weighted by molar-refractivity contribution is 9.10. The van der Waals surface area contributed by atoms with E-state index in [0.717, 1.165) is 0 Å². The van der Waals surface area contributed by atoms with Gasteiger partial charge in [0, 0.05) is 10.6 Å². The monoisotopic (exact) mass is 280 g/mol. The van der Waals surface area contributed by atoms with E-state index in [-0.39, 0.29) is 10.6 Å². The van der Waals surface area contributed by atoms with Crippen molar-refractivity contribution < 1.29 is 4.79 Å². The first-order chi connectivity index (χ1) is 6.02. The van der Waals surface area contributed by atoms with Crippen LogP contribution in [-0.4, -0.2) is 10.6 Å². The molecule has 1 aromatic carbocycles. The zero-order chi connectivity index (χ0) is 10.0. The van der Waals surface area contributed by atoms with Gasteiger partial charge in [0.25, 0.3) is 0 Å². The van der Waals surface area contributed by atoms with E-state index in [2.05, 4.69) is 15.9 Å². The van der Waals surface area contributed by atoms with Crippen molar-refractivity contribution in [2.24, 2.45) is 0 Å². The van der Waals surface area contributed by atoms with Crippen LogP contribution in [0.2, 0.25) is 10.0 Å². The second-order valence-corrected chi connectivity index (χ2v) is 4.82. The SMILES string of the molecule is C[C@H](Br)C(=O)c1ccc(Cl)cc1Cl. The lowest BCUT2D eigenvalue weighted by molar-refractivity contribution is 0.0996. The van der Waals surface area contributed by atoms with Crippen molar-refractivity contribution in [2.45, 2.75) is 11.8 Å². The highest BCUT2D eigenvalue weighted by atomic mass is 79.9. The molecule has 0 N–H and O–H groups in total. The summed E-state index contributed by atoms with van der Waals surface area (Å²) in [5, 5.41) is 0.924. The van der Waals surface area contributed by atoms with E-state index >= 15 is 0 Å². The van der Waals surface area contributed by atoms with Crippen LogP contribution in [0.3, 0.4) is 0 Å². The van der Waals surface area contributed by atoms with Gasteiger partial charge in [-0.25, -0.2) is 0 Å². The molecule has 0 amide bonds. The summed E-state index contributed by atoms with van der Waals surface area (Å²) >= 11 is 14.7. The fourth-order valence-corrected chi connectivity index (χ4v) is 1.65. The average Bonchev–Trinajstić information content (AvgIpc) is 2.03. The van der Waals surface area contributed by atoms with Crippen LogP contribution < -0.4 is 0 Å². The van der Waals surface area contributed by atoms with Crippen molar-refractivity contribution in [3.8, 4) is 0 Å². The topological polar surface area (TPSA) is 17.1 Å². The summed E-state index contributed by atoms with van der Waals surface area (Å²) in [6.45, 7) is 1.76. The fourth-order valence-electron chi connectivity index (χ4n) is 0.904. The molecule has 0 fully saturated rings. The molecule has 4 heteroatoms. The van der Waals surface area contributed by atoms with E-state index in [1.807, 2.05) is 0 Å². The Kier molecular flexibility index (Phi) is 3.77. The molecule has 0 aromatic heterocycles. The quantitative estimate of drug-likeness (QED) is 0.592. The Morgan fingerprint density at radius 2 is 2.08 bits per heavy atom. The Bertz CT molecular complexity index is 336. The molecule has 0 saturated heterocycles. The number of carbonyl (C=O) groups excluding carboxylic acids is 1. The van der Waals surface area contributed by atoms with Gasteiger partial charge < -0.3 is 0 Å². The fraction of sp³-hybridized carbons (Fsp3) is 0.222. The number of hydrogen-bond acceptors (Lipinski definition) is 1. The van der Waals surface area contributed by atoms with Crippen LogP contribution in [0, 0.1) is 0 Å². The molecule has 1 nitrogen and oxygen atoms in total. The Morgan fingerprint density at radius 3 is 2.54 bits per heavy atom. The minimum absolute atomic E-state index is 0.0401. The third-order valence-corrected chi connectivity index (χ3v) is 2.52. The maximum atomic E-state index is 11.5. The summed E-state index contributed by atoms with van der Waals surface area (Å²) in [6.07, 6.45) is 0. The summed E-state index contributed by atoms with van der Waals surface area (Å²) in [7, 11) is 0. The molecular weight excluding hydrogens is 275 g/mol. The van der Waals surface area contributed by atoms with Gasteiger partial charge in [-0.05, 0) is 25.1 Å². The molecule has 0 radical (unpaired) electrons. The van der Waals surface area contributed by atoms with Crippen molar-refractivity contribution >= 4 is 44.9 Å². The lowest BCUT2D eigenvalue weighted by Gasteiger charge is -2.04. The van der Waals surface area contributed by atoms with E-state index in [4.69, 9.17) is 23.2 Å². The molecular formula is C9H7BrCl2O. The smallest absolute Gasteiger partial charge is 0.177 e. The van der Waals surface area contributed by atoms with Gasteiger partial charge in [0.1, 0.15) is 0 Å². The summed E-state index contributed by atoms with van der Waals surface area (Å²) < 4.78 is 0. The van der Waals surface area contributed by atoms with Crippen LogP contribution in [0.1, 0.15) is 17.3 Å². The molecule has 1 atom stereocenters. The number of benzene rings is 1. The van der Waals surface area contributed by atoms with Crippen LogP contribution in [0.5, 0.6) is 0 Å². The predicted octanol–water partition coefficient (Wildman–Crippen LogP) is 3.96. The maximum absolute atomic E-state index is 11.5. The highest BCUT2D eigenvalue weighted by Crippen LogP contribution is 2.23. The molecule has 0 unspecified atom stereocenters. The summed E-state index contributed by atoms with van der Waals surface area (Å²) in [6, 6.07) is 4.84. The van der Waals surface area contributed by atoms with Gasteiger partial charge in [-0.3, -0.25) is 4.79 Å². The van der Waals surface area contributed by atoms with E-state index in [1.54, 1.807) is 25.1 Å². The lowest BCUT2D eigenvalue weighted by atomic mass is 10.1. The van der Waals surface area contributed by atoms with Crippen molar-refractivity contribution in [1.82, 2.24) is 0 Å². The van der Waals surface area contributed by atoms with Gasteiger partial charge in [0.2, 0.25) is 0 Å². The number of halogens is 3. The first-order valence-corrected chi connectivity index (χ1v) is 5.33. The second kappa shape index (κ2) is 4.45. The number of alkyl halides is 1. The van der Waals surface area contributed by atoms with Gasteiger partial charge in [0.15, 0.2) is 5.78 Å². The maximum Gasteiger partial charge on any atom is 0.177 e. The van der Waals surface area contributed by atoms with Crippen LogP contribution in [0.15, 0.2) is 18.2 Å². The van der Waals surface area contributed by atoms with Crippen LogP contribution >= 0.6 is 39.1 Å². The standard InChI is InChI=1S/C9H7BrCl2O/c1-5(10)9(13)7-3-2-6(11)4-8(7)12/h2-5H,1H3/t5-/m0/s1. The number of carbonyl (C=O) groups is 1. The largest absolute Gasteiger partial charge is 0.293 e. The molecule has 0 aliphatic heterocycles. The highest BCUT2D eigenvalue weighted by Gasteiger charge is 2.14. The third kappa shape index (κ3) is 2.70. The first kappa shape index (κ1) is 11.0. The minimum Gasteiger partial charge on any atom is -0.293 e. The molecule has 13 heavy (non-hydrogen) atoms. The van der Waals surface area contributed by atoms with Gasteiger partial charge in [-0.1, -0.05) is 39.1 Å². The molecule has 0 saturated carbocycles. The summed E-state index contributed by atoms with van der Waals surface area (Å²) in [5.74, 6) is -0.0401. The molecule has 1 aromatic rings. The molecule has 1 rings (SSSR count). The number of hydrogen-bond donors (Lipinski definition) is 0. The van der Waals surface area contributed by atoms with Crippen molar-refractivity contribution in [2.75, 3.05) is 0 Å². The molecule has 0 bridgehead atoms. The summed E-state index contributed by atoms with van der Waals surface area (Å²) in [4.78, 5) is 11.3. The molecule has 0 heterocycles. The zero-order valence-corrected chi connectivity index (χ0v) is 9.95. The zero-order valence-electron chi connectivity index (χ0n) is 6.85. The van der Waals surface area contributed by atoms with Crippen LogP contribution in [0.25, 0.3) is 0 Å². The average molecular weight is 282 g/mol. The van der Waals surface area contributed by atoms with Crippen LogP contribution in [0.4, 0.5) is 0 Å². The molecule has 0 spiro atoms. The normalized spacial score (nSPS) is 12.6. The first-order valence-electron chi connectivity index (χ1n) is 3.65. The minimum atomic E-state index is -0.230. The van der Waals surface area contributed by atoms with E-state index in [0.29, 0.717) is 15.6 Å². The van der Waals surface area contributed by atoms with E-state index in [9.17, 15) is 4.79 Å². The predicted molar refractivity (Wildman–Crippen MR) is 59.2 cm³/mol. The van der Waals surface area contributed by atoms with Crippen LogP contribution in [-0.2, 0) is 0 Å². The van der Waals surface area contributed by atoms with Gasteiger partial charge in [0.05, 0.1) is 9.85 Å². The lowest BCUT2D eigenvalue weighted by Crippen LogP contribution is -2.10. The Morgan fingerprint density at radius 1 is 1.46 bits per heavy atom. The Balaban J connectivity index is 3.09. The Labute approximate surface area is 95.2 Å². The van der Waals surface area contributed by atoms with E-state index in [1.165, 1.54) is 0 Å².